The van der Waals surface area contributed by atoms with Crippen LogP contribution in [0.15, 0.2) is 17.0 Å². The molecule has 0 aliphatic carbocycles. The second kappa shape index (κ2) is 3.72. The lowest BCUT2D eigenvalue weighted by molar-refractivity contribution is 0.400. The van der Waals surface area contributed by atoms with Gasteiger partial charge >= 0.3 is 0 Å². The molecular formula is C9H12O2S. The van der Waals surface area contributed by atoms with Crippen LogP contribution in [0.4, 0.5) is 0 Å². The third-order valence-corrected chi connectivity index (χ3v) is 2.68. The van der Waals surface area contributed by atoms with Crippen LogP contribution < -0.4 is 4.74 Å². The molecule has 1 N–H and O–H groups in total. The Bertz CT molecular complexity index is 284. The number of benzene rings is 1. The highest BCUT2D eigenvalue weighted by molar-refractivity contribution is 7.98. The van der Waals surface area contributed by atoms with Crippen molar-refractivity contribution in [2.75, 3.05) is 13.4 Å². The molecule has 0 spiro atoms. The zero-order chi connectivity index (χ0) is 9.14. The minimum Gasteiger partial charge on any atom is -0.508 e. The van der Waals surface area contributed by atoms with E-state index >= 15 is 0 Å². The Morgan fingerprint density at radius 2 is 2.08 bits per heavy atom. The van der Waals surface area contributed by atoms with E-state index in [0.29, 0.717) is 5.75 Å². The van der Waals surface area contributed by atoms with Gasteiger partial charge in [0.25, 0.3) is 0 Å². The lowest BCUT2D eigenvalue weighted by atomic mass is 10.2. The van der Waals surface area contributed by atoms with Crippen molar-refractivity contribution in [1.82, 2.24) is 0 Å². The Balaban J connectivity index is 3.25. The van der Waals surface area contributed by atoms with Crippen LogP contribution in [-0.4, -0.2) is 18.5 Å². The smallest absolute Gasteiger partial charge is 0.132 e. The molecule has 0 fully saturated rings. The second-order valence-electron chi connectivity index (χ2n) is 2.45. The van der Waals surface area contributed by atoms with Crippen molar-refractivity contribution in [1.29, 1.82) is 0 Å². The van der Waals surface area contributed by atoms with E-state index in [-0.39, 0.29) is 0 Å². The van der Waals surface area contributed by atoms with Gasteiger partial charge in [-0.3, -0.25) is 0 Å². The third-order valence-electron chi connectivity index (χ3n) is 1.77. The summed E-state index contributed by atoms with van der Waals surface area (Å²) in [6.07, 6.45) is 1.96. The molecule has 0 aliphatic rings. The molecule has 0 saturated heterocycles. The molecule has 0 unspecified atom stereocenters. The van der Waals surface area contributed by atoms with Gasteiger partial charge in [-0.15, -0.1) is 11.8 Å². The number of phenolic OH excluding ortho intramolecular Hbond substituents is 1. The molecule has 0 saturated carbocycles. The van der Waals surface area contributed by atoms with Gasteiger partial charge in [0.1, 0.15) is 11.5 Å². The van der Waals surface area contributed by atoms with E-state index in [0.717, 1.165) is 16.2 Å². The van der Waals surface area contributed by atoms with Gasteiger partial charge in [-0.2, -0.15) is 0 Å². The number of methoxy groups -OCH3 is 1. The largest absolute Gasteiger partial charge is 0.508 e. The normalized spacial score (nSPS) is 9.92. The standard InChI is InChI=1S/C9H12O2S/c1-6-7(10)4-5-8(11-2)9(6)12-3/h4-5,10H,1-3H3. The summed E-state index contributed by atoms with van der Waals surface area (Å²) in [6.45, 7) is 1.88. The van der Waals surface area contributed by atoms with E-state index in [1.165, 1.54) is 0 Å². The van der Waals surface area contributed by atoms with E-state index in [2.05, 4.69) is 0 Å². The van der Waals surface area contributed by atoms with Crippen LogP contribution in [0.2, 0.25) is 0 Å². The molecule has 2 nitrogen and oxygen atoms in total. The molecule has 0 bridgehead atoms. The van der Waals surface area contributed by atoms with E-state index in [4.69, 9.17) is 4.74 Å². The summed E-state index contributed by atoms with van der Waals surface area (Å²) in [5.41, 5.74) is 0.877. The SMILES string of the molecule is COc1ccc(O)c(C)c1SC. The molecule has 1 rings (SSSR count). The summed E-state index contributed by atoms with van der Waals surface area (Å²) in [5, 5.41) is 9.38. The molecule has 0 aliphatic heterocycles. The predicted octanol–water partition coefficient (Wildman–Crippen LogP) is 2.43. The van der Waals surface area contributed by atoms with Gasteiger partial charge in [-0.05, 0) is 25.3 Å². The molecule has 66 valence electrons. The van der Waals surface area contributed by atoms with Crippen LogP contribution >= 0.6 is 11.8 Å². The Labute approximate surface area is 76.6 Å². The van der Waals surface area contributed by atoms with Crippen molar-refractivity contribution in [2.24, 2.45) is 0 Å². The number of rotatable bonds is 2. The van der Waals surface area contributed by atoms with Crippen LogP contribution in [0, 0.1) is 6.92 Å². The van der Waals surface area contributed by atoms with Gasteiger partial charge in [-0.25, -0.2) is 0 Å². The molecule has 1 aromatic carbocycles. The first-order valence-electron chi connectivity index (χ1n) is 3.61. The highest BCUT2D eigenvalue weighted by Gasteiger charge is 2.07. The maximum atomic E-state index is 9.38. The van der Waals surface area contributed by atoms with Crippen LogP contribution in [0.1, 0.15) is 5.56 Å². The number of ether oxygens (including phenoxy) is 1. The molecule has 0 atom stereocenters. The van der Waals surface area contributed by atoms with E-state index in [1.807, 2.05) is 13.2 Å². The molecule has 0 radical (unpaired) electrons. The first-order chi connectivity index (χ1) is 5.70. The molecule has 3 heteroatoms. The van der Waals surface area contributed by atoms with Crippen LogP contribution in [0.25, 0.3) is 0 Å². The van der Waals surface area contributed by atoms with Crippen molar-refractivity contribution in [3.8, 4) is 11.5 Å². The Kier molecular flexibility index (Phi) is 2.87. The quantitative estimate of drug-likeness (QED) is 0.716. The summed E-state index contributed by atoms with van der Waals surface area (Å²) in [7, 11) is 1.63. The zero-order valence-electron chi connectivity index (χ0n) is 7.42. The second-order valence-corrected chi connectivity index (χ2v) is 3.26. The Morgan fingerprint density at radius 3 is 2.58 bits per heavy atom. The number of thioether (sulfide) groups is 1. The molecule has 0 heterocycles. The number of hydrogen-bond donors (Lipinski definition) is 1. The zero-order valence-corrected chi connectivity index (χ0v) is 8.23. The molecule has 12 heavy (non-hydrogen) atoms. The summed E-state index contributed by atoms with van der Waals surface area (Å²) < 4.78 is 5.14. The van der Waals surface area contributed by atoms with Gasteiger partial charge in [0, 0.05) is 5.56 Å². The highest BCUT2D eigenvalue weighted by atomic mass is 32.2. The first kappa shape index (κ1) is 9.26. The number of hydrogen-bond acceptors (Lipinski definition) is 3. The van der Waals surface area contributed by atoms with Crippen molar-refractivity contribution >= 4 is 11.8 Å². The monoisotopic (exact) mass is 184 g/mol. The summed E-state index contributed by atoms with van der Waals surface area (Å²) in [6, 6.07) is 3.42. The van der Waals surface area contributed by atoms with Crippen LogP contribution in [0.5, 0.6) is 11.5 Å². The topological polar surface area (TPSA) is 29.5 Å². The van der Waals surface area contributed by atoms with Crippen LogP contribution in [0.3, 0.4) is 0 Å². The Hall–Kier alpha value is -0.830. The average Bonchev–Trinajstić information content (AvgIpc) is 2.09. The fraction of sp³-hybridized carbons (Fsp3) is 0.333. The lowest BCUT2D eigenvalue weighted by Gasteiger charge is -2.09. The van der Waals surface area contributed by atoms with Gasteiger partial charge in [0.2, 0.25) is 0 Å². The van der Waals surface area contributed by atoms with Crippen molar-refractivity contribution in [3.63, 3.8) is 0 Å². The summed E-state index contributed by atoms with van der Waals surface area (Å²) in [5.74, 6) is 1.14. The lowest BCUT2D eigenvalue weighted by Crippen LogP contribution is -1.88. The number of aromatic hydroxyl groups is 1. The van der Waals surface area contributed by atoms with Gasteiger partial charge in [-0.1, -0.05) is 0 Å². The predicted molar refractivity (Wildman–Crippen MR) is 51.2 cm³/mol. The number of phenols is 1. The fourth-order valence-corrected chi connectivity index (χ4v) is 1.83. The maximum Gasteiger partial charge on any atom is 0.132 e. The molecule has 0 aromatic heterocycles. The fourth-order valence-electron chi connectivity index (χ4n) is 1.07. The van der Waals surface area contributed by atoms with Crippen molar-refractivity contribution < 1.29 is 9.84 Å². The van der Waals surface area contributed by atoms with E-state index in [9.17, 15) is 5.11 Å². The van der Waals surface area contributed by atoms with E-state index < -0.39 is 0 Å². The highest BCUT2D eigenvalue weighted by Crippen LogP contribution is 2.35. The van der Waals surface area contributed by atoms with Gasteiger partial charge < -0.3 is 9.84 Å². The van der Waals surface area contributed by atoms with Crippen LogP contribution in [-0.2, 0) is 0 Å². The van der Waals surface area contributed by atoms with Gasteiger partial charge in [0.05, 0.1) is 12.0 Å². The first-order valence-corrected chi connectivity index (χ1v) is 4.83. The summed E-state index contributed by atoms with van der Waals surface area (Å²) in [4.78, 5) is 0.998. The Morgan fingerprint density at radius 1 is 1.42 bits per heavy atom. The van der Waals surface area contributed by atoms with Gasteiger partial charge in [0.15, 0.2) is 0 Å². The molecular weight excluding hydrogens is 172 g/mol. The van der Waals surface area contributed by atoms with Crippen molar-refractivity contribution in [3.05, 3.63) is 17.7 Å². The average molecular weight is 184 g/mol. The maximum absolute atomic E-state index is 9.38. The summed E-state index contributed by atoms with van der Waals surface area (Å²) >= 11 is 1.58. The minimum atomic E-state index is 0.320. The third kappa shape index (κ3) is 1.50. The molecule has 1 aromatic rings. The van der Waals surface area contributed by atoms with Crippen molar-refractivity contribution in [2.45, 2.75) is 11.8 Å². The minimum absolute atomic E-state index is 0.320. The van der Waals surface area contributed by atoms with E-state index in [1.54, 1.807) is 31.0 Å². The molecule has 0 amide bonds.